The molecule has 0 bridgehead atoms. The van der Waals surface area contributed by atoms with Gasteiger partial charge < -0.3 is 0 Å². The maximum atomic E-state index is 12.9. The molecular weight excluding hydrogens is 177 g/mol. The largest absolute Gasteiger partial charge is 0.253 e. The van der Waals surface area contributed by atoms with Crippen LogP contribution in [-0.4, -0.2) is 4.98 Å². The van der Waals surface area contributed by atoms with E-state index in [2.05, 4.69) is 4.98 Å². The van der Waals surface area contributed by atoms with Crippen LogP contribution in [0, 0.1) is 12.7 Å². The quantitative estimate of drug-likeness (QED) is 0.668. The summed E-state index contributed by atoms with van der Waals surface area (Å²) in [6.45, 7) is 1.92. The summed E-state index contributed by atoms with van der Waals surface area (Å²) in [6, 6.07) is 12.2. The maximum Gasteiger partial charge on any atom is 0.123 e. The predicted molar refractivity (Wildman–Crippen MR) is 54.4 cm³/mol. The normalized spacial score (nSPS) is 10.1. The number of nitrogens with zero attached hydrogens (tertiary/aromatic N) is 1. The molecule has 0 aliphatic rings. The van der Waals surface area contributed by atoms with Gasteiger partial charge in [-0.05, 0) is 31.2 Å². The molecule has 0 spiro atoms. The van der Waals surface area contributed by atoms with E-state index in [1.165, 1.54) is 12.1 Å². The van der Waals surface area contributed by atoms with Crippen LogP contribution in [0.3, 0.4) is 0 Å². The molecule has 0 unspecified atom stereocenters. The molecule has 14 heavy (non-hydrogen) atoms. The molecule has 1 aromatic carbocycles. The van der Waals surface area contributed by atoms with Crippen molar-refractivity contribution >= 4 is 0 Å². The first-order chi connectivity index (χ1) is 6.75. The standard InChI is InChI=1S/C12H10FN/c1-9-4-2-7-12(14-9)10-5-3-6-11(13)8-10/h2-8H,1H3. The molecule has 0 atom stereocenters. The SMILES string of the molecule is Cc1cccc(-c2cccc(F)c2)n1. The molecule has 0 aliphatic carbocycles. The molecule has 0 radical (unpaired) electrons. The highest BCUT2D eigenvalue weighted by Crippen LogP contribution is 2.17. The molecule has 1 aromatic heterocycles. The molecule has 1 heterocycles. The average Bonchev–Trinajstić information content (AvgIpc) is 2.18. The fraction of sp³-hybridized carbons (Fsp3) is 0.0833. The Morgan fingerprint density at radius 2 is 1.86 bits per heavy atom. The van der Waals surface area contributed by atoms with Gasteiger partial charge in [0.25, 0.3) is 0 Å². The molecule has 1 nitrogen and oxygen atoms in total. The van der Waals surface area contributed by atoms with E-state index in [1.807, 2.05) is 31.2 Å². The third-order valence-electron chi connectivity index (χ3n) is 2.01. The molecule has 2 aromatic rings. The van der Waals surface area contributed by atoms with Crippen molar-refractivity contribution in [1.29, 1.82) is 0 Å². The average molecular weight is 187 g/mol. The van der Waals surface area contributed by atoms with E-state index in [9.17, 15) is 4.39 Å². The first-order valence-electron chi connectivity index (χ1n) is 4.45. The summed E-state index contributed by atoms with van der Waals surface area (Å²) in [5.41, 5.74) is 2.56. The van der Waals surface area contributed by atoms with Crippen LogP contribution < -0.4 is 0 Å². The summed E-state index contributed by atoms with van der Waals surface area (Å²) in [5, 5.41) is 0. The molecular formula is C12H10FN. The lowest BCUT2D eigenvalue weighted by molar-refractivity contribution is 0.628. The van der Waals surface area contributed by atoms with Crippen LogP contribution in [0.4, 0.5) is 4.39 Å². The molecule has 2 heteroatoms. The second-order valence-electron chi connectivity index (χ2n) is 3.17. The van der Waals surface area contributed by atoms with Crippen LogP contribution in [-0.2, 0) is 0 Å². The van der Waals surface area contributed by atoms with Crippen LogP contribution in [0.15, 0.2) is 42.5 Å². The highest BCUT2D eigenvalue weighted by Gasteiger charge is 1.99. The molecule has 0 N–H and O–H groups in total. The second kappa shape index (κ2) is 3.58. The molecule has 0 aliphatic heterocycles. The number of aromatic nitrogens is 1. The zero-order chi connectivity index (χ0) is 9.97. The molecule has 0 saturated carbocycles. The lowest BCUT2D eigenvalue weighted by Crippen LogP contribution is -1.86. The first kappa shape index (κ1) is 8.88. The van der Waals surface area contributed by atoms with Gasteiger partial charge >= 0.3 is 0 Å². The van der Waals surface area contributed by atoms with Crippen LogP contribution >= 0.6 is 0 Å². The highest BCUT2D eigenvalue weighted by atomic mass is 19.1. The fourth-order valence-corrected chi connectivity index (χ4v) is 1.35. The van der Waals surface area contributed by atoms with Gasteiger partial charge in [-0.3, -0.25) is 4.98 Å². The number of aryl methyl sites for hydroxylation is 1. The van der Waals surface area contributed by atoms with Gasteiger partial charge in [0.1, 0.15) is 5.82 Å². The van der Waals surface area contributed by atoms with Gasteiger partial charge in [-0.25, -0.2) is 4.39 Å². The number of halogens is 1. The molecule has 0 fully saturated rings. The van der Waals surface area contributed by atoms with Crippen LogP contribution in [0.2, 0.25) is 0 Å². The molecule has 0 amide bonds. The topological polar surface area (TPSA) is 12.9 Å². The number of benzene rings is 1. The van der Waals surface area contributed by atoms with Gasteiger partial charge in [0, 0.05) is 11.3 Å². The number of hydrogen-bond donors (Lipinski definition) is 0. The van der Waals surface area contributed by atoms with E-state index in [-0.39, 0.29) is 5.82 Å². The summed E-state index contributed by atoms with van der Waals surface area (Å²) in [6.07, 6.45) is 0. The predicted octanol–water partition coefficient (Wildman–Crippen LogP) is 3.20. The van der Waals surface area contributed by atoms with Crippen LogP contribution in [0.25, 0.3) is 11.3 Å². The van der Waals surface area contributed by atoms with Crippen molar-refractivity contribution in [3.05, 3.63) is 54.0 Å². The summed E-state index contributed by atoms with van der Waals surface area (Å²) in [5.74, 6) is -0.231. The Morgan fingerprint density at radius 3 is 2.57 bits per heavy atom. The van der Waals surface area contributed by atoms with Gasteiger partial charge in [0.15, 0.2) is 0 Å². The van der Waals surface area contributed by atoms with Crippen molar-refractivity contribution in [3.63, 3.8) is 0 Å². The second-order valence-corrected chi connectivity index (χ2v) is 3.17. The summed E-state index contributed by atoms with van der Waals surface area (Å²) in [4.78, 5) is 4.32. The van der Waals surface area contributed by atoms with Crippen molar-refractivity contribution in [2.24, 2.45) is 0 Å². The van der Waals surface area contributed by atoms with Gasteiger partial charge in [-0.15, -0.1) is 0 Å². The van der Waals surface area contributed by atoms with E-state index in [1.54, 1.807) is 6.07 Å². The Labute approximate surface area is 82.2 Å². The smallest absolute Gasteiger partial charge is 0.123 e. The molecule has 70 valence electrons. The van der Waals surface area contributed by atoms with Crippen molar-refractivity contribution in [2.45, 2.75) is 6.92 Å². The number of rotatable bonds is 1. The van der Waals surface area contributed by atoms with Gasteiger partial charge in [0.05, 0.1) is 5.69 Å². The summed E-state index contributed by atoms with van der Waals surface area (Å²) >= 11 is 0. The third kappa shape index (κ3) is 1.79. The van der Waals surface area contributed by atoms with Gasteiger partial charge in [-0.1, -0.05) is 18.2 Å². The zero-order valence-electron chi connectivity index (χ0n) is 7.87. The third-order valence-corrected chi connectivity index (χ3v) is 2.01. The van der Waals surface area contributed by atoms with Crippen molar-refractivity contribution in [1.82, 2.24) is 4.98 Å². The Kier molecular flexibility index (Phi) is 2.27. The first-order valence-corrected chi connectivity index (χ1v) is 4.45. The highest BCUT2D eigenvalue weighted by molar-refractivity contribution is 5.58. The van der Waals surface area contributed by atoms with Crippen LogP contribution in [0.1, 0.15) is 5.69 Å². The van der Waals surface area contributed by atoms with E-state index in [0.29, 0.717) is 0 Å². The van der Waals surface area contributed by atoms with E-state index in [4.69, 9.17) is 0 Å². The Hall–Kier alpha value is -1.70. The fourth-order valence-electron chi connectivity index (χ4n) is 1.35. The van der Waals surface area contributed by atoms with Crippen molar-refractivity contribution in [2.75, 3.05) is 0 Å². The monoisotopic (exact) mass is 187 g/mol. The van der Waals surface area contributed by atoms with E-state index in [0.717, 1.165) is 17.0 Å². The summed E-state index contributed by atoms with van der Waals surface area (Å²) in [7, 11) is 0. The van der Waals surface area contributed by atoms with Gasteiger partial charge in [-0.2, -0.15) is 0 Å². The van der Waals surface area contributed by atoms with Crippen LogP contribution in [0.5, 0.6) is 0 Å². The molecule has 2 rings (SSSR count). The minimum atomic E-state index is -0.231. The Morgan fingerprint density at radius 1 is 1.07 bits per heavy atom. The maximum absolute atomic E-state index is 12.9. The van der Waals surface area contributed by atoms with Crippen molar-refractivity contribution < 1.29 is 4.39 Å². The lowest BCUT2D eigenvalue weighted by Gasteiger charge is -2.01. The summed E-state index contributed by atoms with van der Waals surface area (Å²) < 4.78 is 12.9. The number of pyridine rings is 1. The van der Waals surface area contributed by atoms with Crippen molar-refractivity contribution in [3.8, 4) is 11.3 Å². The minimum absolute atomic E-state index is 0.231. The Balaban J connectivity index is 2.49. The molecule has 0 saturated heterocycles. The zero-order valence-corrected chi connectivity index (χ0v) is 7.87. The minimum Gasteiger partial charge on any atom is -0.253 e. The number of hydrogen-bond acceptors (Lipinski definition) is 1. The Bertz CT molecular complexity index is 408. The van der Waals surface area contributed by atoms with E-state index < -0.39 is 0 Å². The lowest BCUT2D eigenvalue weighted by atomic mass is 10.1. The van der Waals surface area contributed by atoms with E-state index >= 15 is 0 Å². The van der Waals surface area contributed by atoms with Gasteiger partial charge in [0.2, 0.25) is 0 Å².